The number of ether oxygens (including phenoxy) is 2. The second-order valence-electron chi connectivity index (χ2n) is 16.3. The molecule has 0 bridgehead atoms. The molecule has 2 aliphatic rings. The number of hydrogen-bond donors (Lipinski definition) is 0. The van der Waals surface area contributed by atoms with E-state index in [9.17, 15) is 0 Å². The molecule has 0 fully saturated rings. The Bertz CT molecular complexity index is 2610. The minimum atomic E-state index is -0.0392. The Hall–Kier alpha value is -7.16. The first-order valence-electron chi connectivity index (χ1n) is 22.2. The average Bonchev–Trinajstić information content (AvgIpc) is 3.36. The van der Waals surface area contributed by atoms with Gasteiger partial charge in [0.15, 0.2) is 0 Å². The first-order valence-corrected chi connectivity index (χ1v) is 22.2. The summed E-state index contributed by atoms with van der Waals surface area (Å²) in [6.45, 7) is 0. The number of benzene rings is 8. The van der Waals surface area contributed by atoms with Gasteiger partial charge in [-0.3, -0.25) is 0 Å². The van der Waals surface area contributed by atoms with Crippen LogP contribution in [0.1, 0.15) is 38.5 Å². The third-order valence-corrected chi connectivity index (χ3v) is 12.2. The molecular formula is C60H50O2. The van der Waals surface area contributed by atoms with Crippen molar-refractivity contribution in [3.05, 3.63) is 218 Å². The number of allylic oxidation sites excluding steroid dienone is 2. The van der Waals surface area contributed by atoms with E-state index in [0.717, 1.165) is 128 Å². The Morgan fingerprint density at radius 3 is 0.887 bits per heavy atom. The summed E-state index contributed by atoms with van der Waals surface area (Å²) in [6, 6.07) is 70.0. The van der Waals surface area contributed by atoms with Gasteiger partial charge in [-0.25, -0.2) is 0 Å². The maximum Gasteiger partial charge on any atom is 0.136 e. The van der Waals surface area contributed by atoms with Crippen LogP contribution >= 0.6 is 0 Å². The molecular weight excluding hydrogens is 753 g/mol. The van der Waals surface area contributed by atoms with Gasteiger partial charge in [0.1, 0.15) is 23.7 Å². The lowest BCUT2D eigenvalue weighted by molar-refractivity contribution is 0.232. The summed E-state index contributed by atoms with van der Waals surface area (Å²) in [5.41, 5.74) is 15.5. The van der Waals surface area contributed by atoms with Crippen LogP contribution in [0.2, 0.25) is 0 Å². The highest BCUT2D eigenvalue weighted by molar-refractivity contribution is 6.09. The monoisotopic (exact) mass is 802 g/mol. The molecule has 0 N–H and O–H groups in total. The van der Waals surface area contributed by atoms with Crippen molar-refractivity contribution >= 4 is 0 Å². The van der Waals surface area contributed by atoms with Crippen LogP contribution in [0.4, 0.5) is 0 Å². The summed E-state index contributed by atoms with van der Waals surface area (Å²) in [5, 5.41) is 0. The summed E-state index contributed by atoms with van der Waals surface area (Å²) in [5.74, 6) is 1.80. The largest absolute Gasteiger partial charge is 0.485 e. The first-order chi connectivity index (χ1) is 30.8. The standard InChI is InChI=1S/C60H50O2/c1-9-25-43(26-10-1)51-41-53(55(45-29-13-3-14-30-45)57(47-33-17-5-18-34-47)59(51)61-49-37-21-7-22-38-49)54-42-52(44-27-11-2-12-28-44)60(62-50-39-23-8-24-40-50)58(48-35-19-6-20-36-48)56(54)46-31-15-4-16-32-46/h1-6,9-21,23,25-37,39,41-42,49-50H,7-8,22,24,38,40H2. The van der Waals surface area contributed by atoms with Crippen LogP contribution in [0.25, 0.3) is 77.9 Å². The third kappa shape index (κ3) is 8.05. The Balaban J connectivity index is 1.41. The second-order valence-corrected chi connectivity index (χ2v) is 16.3. The quantitative estimate of drug-likeness (QED) is 0.121. The summed E-state index contributed by atoms with van der Waals surface area (Å²) in [7, 11) is 0. The van der Waals surface area contributed by atoms with Crippen molar-refractivity contribution in [1.82, 2.24) is 0 Å². The molecule has 2 aliphatic carbocycles. The van der Waals surface area contributed by atoms with Crippen molar-refractivity contribution in [2.45, 2.75) is 50.7 Å². The average molecular weight is 803 g/mol. The normalized spacial score (nSPS) is 15.9. The van der Waals surface area contributed by atoms with Crippen molar-refractivity contribution in [1.29, 1.82) is 0 Å². The smallest absolute Gasteiger partial charge is 0.136 e. The molecule has 2 heteroatoms. The topological polar surface area (TPSA) is 18.5 Å². The van der Waals surface area contributed by atoms with Crippen LogP contribution in [0.3, 0.4) is 0 Å². The van der Waals surface area contributed by atoms with Gasteiger partial charge in [-0.05, 0) is 107 Å². The maximum atomic E-state index is 7.37. The van der Waals surface area contributed by atoms with Crippen LogP contribution in [-0.2, 0) is 0 Å². The molecule has 0 amide bonds. The molecule has 10 rings (SSSR count). The summed E-state index contributed by atoms with van der Waals surface area (Å²) < 4.78 is 14.7. The van der Waals surface area contributed by atoms with Gasteiger partial charge >= 0.3 is 0 Å². The van der Waals surface area contributed by atoms with E-state index in [0.29, 0.717) is 0 Å². The highest BCUT2D eigenvalue weighted by atomic mass is 16.5. The fraction of sp³-hybridized carbons (Fsp3) is 0.133. The van der Waals surface area contributed by atoms with Gasteiger partial charge in [0.2, 0.25) is 0 Å². The van der Waals surface area contributed by atoms with Gasteiger partial charge < -0.3 is 9.47 Å². The molecule has 0 heterocycles. The lowest BCUT2D eigenvalue weighted by atomic mass is 9.78. The number of rotatable bonds is 11. The fourth-order valence-corrected chi connectivity index (χ4v) is 9.30. The Labute approximate surface area is 366 Å². The molecule has 2 atom stereocenters. The Kier molecular flexibility index (Phi) is 11.5. The molecule has 2 unspecified atom stereocenters. The molecule has 0 aromatic heterocycles. The molecule has 0 saturated heterocycles. The van der Waals surface area contributed by atoms with Gasteiger partial charge in [0, 0.05) is 33.4 Å². The third-order valence-electron chi connectivity index (χ3n) is 12.2. The minimum absolute atomic E-state index is 0.0392. The lowest BCUT2D eigenvalue weighted by Gasteiger charge is -2.30. The zero-order valence-electron chi connectivity index (χ0n) is 35.0. The molecule has 302 valence electrons. The van der Waals surface area contributed by atoms with Crippen molar-refractivity contribution in [2.24, 2.45) is 0 Å². The van der Waals surface area contributed by atoms with E-state index in [1.807, 2.05) is 0 Å². The molecule has 8 aromatic rings. The van der Waals surface area contributed by atoms with Gasteiger partial charge in [-0.1, -0.05) is 194 Å². The first kappa shape index (κ1) is 39.0. The fourth-order valence-electron chi connectivity index (χ4n) is 9.30. The van der Waals surface area contributed by atoms with Gasteiger partial charge in [0.25, 0.3) is 0 Å². The van der Waals surface area contributed by atoms with E-state index < -0.39 is 0 Å². The summed E-state index contributed by atoms with van der Waals surface area (Å²) >= 11 is 0. The highest BCUT2D eigenvalue weighted by Crippen LogP contribution is 2.56. The highest BCUT2D eigenvalue weighted by Gasteiger charge is 2.31. The van der Waals surface area contributed by atoms with Crippen molar-refractivity contribution in [3.63, 3.8) is 0 Å². The lowest BCUT2D eigenvalue weighted by Crippen LogP contribution is -2.17. The van der Waals surface area contributed by atoms with Crippen LogP contribution in [0, 0.1) is 0 Å². The zero-order chi connectivity index (χ0) is 41.5. The minimum Gasteiger partial charge on any atom is -0.485 e. The molecule has 8 aromatic carbocycles. The molecule has 62 heavy (non-hydrogen) atoms. The van der Waals surface area contributed by atoms with Crippen LogP contribution in [-0.4, -0.2) is 12.2 Å². The number of hydrogen-bond acceptors (Lipinski definition) is 2. The van der Waals surface area contributed by atoms with Gasteiger partial charge in [0.05, 0.1) is 0 Å². The molecule has 2 nitrogen and oxygen atoms in total. The molecule has 0 spiro atoms. The summed E-state index contributed by atoms with van der Waals surface area (Å²) in [6.07, 6.45) is 15.3. The van der Waals surface area contributed by atoms with E-state index in [1.54, 1.807) is 0 Å². The Morgan fingerprint density at radius 1 is 0.306 bits per heavy atom. The predicted molar refractivity (Wildman–Crippen MR) is 259 cm³/mol. The van der Waals surface area contributed by atoms with Gasteiger partial charge in [-0.15, -0.1) is 0 Å². The van der Waals surface area contributed by atoms with Crippen LogP contribution in [0.15, 0.2) is 218 Å². The van der Waals surface area contributed by atoms with E-state index >= 15 is 0 Å². The van der Waals surface area contributed by atoms with Crippen molar-refractivity contribution in [3.8, 4) is 89.4 Å². The summed E-state index contributed by atoms with van der Waals surface area (Å²) in [4.78, 5) is 0. The van der Waals surface area contributed by atoms with Gasteiger partial charge in [-0.2, -0.15) is 0 Å². The molecule has 0 aliphatic heterocycles. The SMILES string of the molecule is C1=CC(Oc2c(-c3ccccc3)cc(-c3cc(-c4ccccc4)c(OC4C=CCCC4)c(-c4ccccc4)c3-c3ccccc3)c(-c3ccccc3)c2-c2ccccc2)CCC1. The molecule has 0 radical (unpaired) electrons. The van der Waals surface area contributed by atoms with E-state index in [2.05, 4.69) is 218 Å². The van der Waals surface area contributed by atoms with Crippen molar-refractivity contribution < 1.29 is 9.47 Å². The van der Waals surface area contributed by atoms with E-state index in [4.69, 9.17) is 9.47 Å². The van der Waals surface area contributed by atoms with Crippen molar-refractivity contribution in [2.75, 3.05) is 0 Å². The zero-order valence-corrected chi connectivity index (χ0v) is 35.0. The maximum absolute atomic E-state index is 7.37. The van der Waals surface area contributed by atoms with E-state index in [-0.39, 0.29) is 12.2 Å². The second kappa shape index (κ2) is 18.2. The van der Waals surface area contributed by atoms with Crippen LogP contribution in [0.5, 0.6) is 11.5 Å². The van der Waals surface area contributed by atoms with Crippen LogP contribution < -0.4 is 9.47 Å². The molecule has 0 saturated carbocycles. The predicted octanol–water partition coefficient (Wildman–Crippen LogP) is 16.3. The van der Waals surface area contributed by atoms with E-state index in [1.165, 1.54) is 0 Å². The Morgan fingerprint density at radius 2 is 0.597 bits per heavy atom.